The summed E-state index contributed by atoms with van der Waals surface area (Å²) < 4.78 is 13.1. The van der Waals surface area contributed by atoms with Gasteiger partial charge in [0.15, 0.2) is 5.75 Å². The van der Waals surface area contributed by atoms with Gasteiger partial charge in [0.1, 0.15) is 5.75 Å². The standard InChI is InChI=1S/C31H50O3Si/c1-19(2)35(20(3)4,21(5)6)34-30-16-23-10-11-25-24(26(23)17-29(30)33-9)14-15-31(8)27(22(7)18-32)12-13-28(25)31/h12,16-17,19-22,24-25,28,32H,10-11,13-15,18H2,1-9H3/t22?,24-,25+,28-,31+/m0/s1. The predicted octanol–water partition coefficient (Wildman–Crippen LogP) is 8.27. The van der Waals surface area contributed by atoms with Crippen LogP contribution < -0.4 is 9.16 Å². The summed E-state index contributed by atoms with van der Waals surface area (Å²) in [5.74, 6) is 4.21. The zero-order valence-electron chi connectivity index (χ0n) is 23.8. The maximum Gasteiger partial charge on any atom is 0.258 e. The highest BCUT2D eigenvalue weighted by molar-refractivity contribution is 6.78. The molecule has 0 aromatic heterocycles. The summed E-state index contributed by atoms with van der Waals surface area (Å²) in [4.78, 5) is 0. The van der Waals surface area contributed by atoms with E-state index in [4.69, 9.17) is 9.16 Å². The van der Waals surface area contributed by atoms with Crippen molar-refractivity contribution >= 4 is 8.32 Å². The summed E-state index contributed by atoms with van der Waals surface area (Å²) in [5, 5.41) is 9.87. The highest BCUT2D eigenvalue weighted by atomic mass is 28.4. The molecule has 0 amide bonds. The number of methoxy groups -OCH3 is 1. The van der Waals surface area contributed by atoms with Crippen molar-refractivity contribution in [1.29, 1.82) is 0 Å². The lowest BCUT2D eigenvalue weighted by Gasteiger charge is -2.51. The monoisotopic (exact) mass is 498 g/mol. The van der Waals surface area contributed by atoms with E-state index >= 15 is 0 Å². The number of ether oxygens (including phenoxy) is 1. The van der Waals surface area contributed by atoms with Crippen LogP contribution in [0, 0.1) is 23.2 Å². The second-order valence-corrected chi connectivity index (χ2v) is 18.3. The average Bonchev–Trinajstić information content (AvgIpc) is 3.17. The van der Waals surface area contributed by atoms with Gasteiger partial charge in [-0.2, -0.15) is 0 Å². The van der Waals surface area contributed by atoms with Crippen LogP contribution in [0.5, 0.6) is 11.5 Å². The molecular formula is C31H50O3Si. The number of aliphatic hydroxyl groups excluding tert-OH is 1. The Hall–Kier alpha value is -1.26. The largest absolute Gasteiger partial charge is 0.540 e. The van der Waals surface area contributed by atoms with E-state index in [-0.39, 0.29) is 17.9 Å². The molecule has 0 bridgehead atoms. The number of allylic oxidation sites excluding steroid dienone is 1. The van der Waals surface area contributed by atoms with Crippen molar-refractivity contribution in [3.05, 3.63) is 34.9 Å². The third-order valence-electron chi connectivity index (χ3n) is 10.4. The van der Waals surface area contributed by atoms with Gasteiger partial charge < -0.3 is 14.3 Å². The maximum absolute atomic E-state index is 9.87. The molecule has 1 aromatic rings. The molecule has 3 aliphatic rings. The van der Waals surface area contributed by atoms with Gasteiger partial charge in [-0.25, -0.2) is 0 Å². The van der Waals surface area contributed by atoms with Gasteiger partial charge in [0.05, 0.1) is 7.11 Å². The summed E-state index contributed by atoms with van der Waals surface area (Å²) in [6, 6.07) is 4.71. The molecule has 196 valence electrons. The topological polar surface area (TPSA) is 38.7 Å². The maximum atomic E-state index is 9.87. The van der Waals surface area contributed by atoms with E-state index in [9.17, 15) is 5.11 Å². The Balaban J connectivity index is 1.67. The lowest BCUT2D eigenvalue weighted by Crippen LogP contribution is -2.50. The Bertz CT molecular complexity index is 927. The van der Waals surface area contributed by atoms with E-state index in [1.54, 1.807) is 7.11 Å². The molecule has 1 unspecified atom stereocenters. The third-order valence-corrected chi connectivity index (χ3v) is 16.4. The fraction of sp³-hybridized carbons (Fsp3) is 0.742. The fourth-order valence-electron chi connectivity index (χ4n) is 8.82. The molecule has 0 spiro atoms. The summed E-state index contributed by atoms with van der Waals surface area (Å²) in [6.45, 7) is 19.0. The Morgan fingerprint density at radius 3 is 2.23 bits per heavy atom. The quantitative estimate of drug-likeness (QED) is 0.289. The van der Waals surface area contributed by atoms with Crippen LogP contribution in [0.4, 0.5) is 0 Å². The second-order valence-electron chi connectivity index (χ2n) is 13.0. The van der Waals surface area contributed by atoms with Crippen LogP contribution in [0.2, 0.25) is 16.6 Å². The number of aryl methyl sites for hydroxylation is 1. The lowest BCUT2D eigenvalue weighted by molar-refractivity contribution is 0.0654. The van der Waals surface area contributed by atoms with Crippen molar-refractivity contribution in [3.8, 4) is 11.5 Å². The second kappa shape index (κ2) is 9.89. The minimum atomic E-state index is -2.05. The van der Waals surface area contributed by atoms with Crippen molar-refractivity contribution in [3.63, 3.8) is 0 Å². The zero-order chi connectivity index (χ0) is 25.7. The predicted molar refractivity (Wildman–Crippen MR) is 149 cm³/mol. The fourth-order valence-corrected chi connectivity index (χ4v) is 14.1. The molecule has 1 aromatic carbocycles. The number of aliphatic hydroxyl groups is 1. The van der Waals surface area contributed by atoms with Crippen LogP contribution in [0.25, 0.3) is 0 Å². The van der Waals surface area contributed by atoms with E-state index in [0.717, 1.165) is 17.9 Å². The molecule has 0 radical (unpaired) electrons. The van der Waals surface area contributed by atoms with Gasteiger partial charge in [0.25, 0.3) is 8.32 Å². The van der Waals surface area contributed by atoms with Crippen molar-refractivity contribution in [1.82, 2.24) is 0 Å². The molecule has 1 fully saturated rings. The molecule has 35 heavy (non-hydrogen) atoms. The zero-order valence-corrected chi connectivity index (χ0v) is 24.8. The van der Waals surface area contributed by atoms with Gasteiger partial charge in [-0.1, -0.05) is 67.0 Å². The summed E-state index contributed by atoms with van der Waals surface area (Å²) in [7, 11) is -0.248. The van der Waals surface area contributed by atoms with Crippen LogP contribution in [-0.2, 0) is 6.42 Å². The number of rotatable bonds is 8. The number of hydrogen-bond acceptors (Lipinski definition) is 3. The molecular weight excluding hydrogens is 448 g/mol. The van der Waals surface area contributed by atoms with Gasteiger partial charge in [0.2, 0.25) is 0 Å². The van der Waals surface area contributed by atoms with Crippen molar-refractivity contribution in [2.24, 2.45) is 23.2 Å². The molecule has 1 N–H and O–H groups in total. The highest BCUT2D eigenvalue weighted by Gasteiger charge is 2.53. The molecule has 5 atom stereocenters. The molecule has 0 saturated heterocycles. The lowest BCUT2D eigenvalue weighted by atomic mass is 9.53. The van der Waals surface area contributed by atoms with Gasteiger partial charge in [-0.05, 0) is 95.2 Å². The average molecular weight is 499 g/mol. The third kappa shape index (κ3) is 4.21. The Kier molecular flexibility index (Phi) is 7.57. The normalized spacial score (nSPS) is 29.1. The Labute approximate surface area is 215 Å². The molecule has 0 aliphatic heterocycles. The molecule has 3 nitrogen and oxygen atoms in total. The summed E-state index contributed by atoms with van der Waals surface area (Å²) in [6.07, 6.45) is 8.50. The molecule has 0 heterocycles. The van der Waals surface area contributed by atoms with E-state index in [1.165, 1.54) is 42.4 Å². The van der Waals surface area contributed by atoms with Crippen molar-refractivity contribution in [2.75, 3.05) is 13.7 Å². The number of fused-ring (bicyclic) bond motifs is 5. The van der Waals surface area contributed by atoms with Crippen molar-refractivity contribution in [2.45, 2.75) is 110 Å². The van der Waals surface area contributed by atoms with Gasteiger partial charge >= 0.3 is 0 Å². The Morgan fingerprint density at radius 1 is 1.00 bits per heavy atom. The van der Waals surface area contributed by atoms with Crippen LogP contribution in [0.15, 0.2) is 23.8 Å². The van der Waals surface area contributed by atoms with Crippen LogP contribution in [0.1, 0.15) is 98.1 Å². The summed E-state index contributed by atoms with van der Waals surface area (Å²) >= 11 is 0. The smallest absolute Gasteiger partial charge is 0.258 e. The Morgan fingerprint density at radius 2 is 1.66 bits per heavy atom. The number of benzene rings is 1. The van der Waals surface area contributed by atoms with Gasteiger partial charge in [-0.3, -0.25) is 0 Å². The molecule has 3 aliphatic carbocycles. The first kappa shape index (κ1) is 26.8. The van der Waals surface area contributed by atoms with Crippen molar-refractivity contribution < 1.29 is 14.3 Å². The van der Waals surface area contributed by atoms with Crippen LogP contribution in [0.3, 0.4) is 0 Å². The van der Waals surface area contributed by atoms with Crippen LogP contribution >= 0.6 is 0 Å². The van der Waals surface area contributed by atoms with Gasteiger partial charge in [0, 0.05) is 12.5 Å². The van der Waals surface area contributed by atoms with E-state index in [2.05, 4.69) is 73.6 Å². The first-order valence-electron chi connectivity index (χ1n) is 14.2. The first-order chi connectivity index (χ1) is 16.5. The van der Waals surface area contributed by atoms with Crippen LogP contribution in [-0.4, -0.2) is 27.1 Å². The van der Waals surface area contributed by atoms with E-state index in [0.29, 0.717) is 34.4 Å². The van der Waals surface area contributed by atoms with E-state index < -0.39 is 8.32 Å². The molecule has 4 heteroatoms. The SMILES string of the molecule is COc1cc2c(cc1O[Si](C(C)C)(C(C)C)C(C)C)CC[C@@H]1[C@@H]2CC[C@]2(C)C(C(C)CO)=CC[C@@H]12. The first-order valence-corrected chi connectivity index (χ1v) is 16.4. The van der Waals surface area contributed by atoms with E-state index in [1.807, 2.05) is 0 Å². The summed E-state index contributed by atoms with van der Waals surface area (Å²) in [5.41, 5.74) is 6.39. The molecule has 1 saturated carbocycles. The highest BCUT2D eigenvalue weighted by Crippen LogP contribution is 2.62. The minimum absolute atomic E-state index is 0.255. The number of hydrogen-bond donors (Lipinski definition) is 1. The van der Waals surface area contributed by atoms with Gasteiger partial charge in [-0.15, -0.1) is 0 Å². The molecule has 4 rings (SSSR count). The minimum Gasteiger partial charge on any atom is -0.540 e.